The van der Waals surface area contributed by atoms with Crippen LogP contribution in [0.2, 0.25) is 0 Å². The standard InChI is InChI=1S/C25H35NO4/c1-2-26-25(30)13-9-4-3-8-12-21-22(24(29)18-23(21)28)17-16-20(27)15-14-19-10-6-5-7-11-19/h3,5-8,10-11,16-17,20-22,24,27,29H,2,4,9,12-15,18H2,1H3,(H,26,30)/b8-3?,17-16+/t20-,21+,22+,24+/m0/s1. The van der Waals surface area contributed by atoms with Crippen LogP contribution in [0.3, 0.4) is 0 Å². The van der Waals surface area contributed by atoms with Gasteiger partial charge in [-0.05, 0) is 44.6 Å². The summed E-state index contributed by atoms with van der Waals surface area (Å²) in [5.74, 6) is -0.375. The molecule has 1 aliphatic carbocycles. The lowest BCUT2D eigenvalue weighted by molar-refractivity contribution is -0.121. The van der Waals surface area contributed by atoms with E-state index in [4.69, 9.17) is 0 Å². The van der Waals surface area contributed by atoms with Gasteiger partial charge in [0.15, 0.2) is 0 Å². The summed E-state index contributed by atoms with van der Waals surface area (Å²) in [5.41, 5.74) is 1.18. The molecule has 1 saturated carbocycles. The van der Waals surface area contributed by atoms with Gasteiger partial charge < -0.3 is 15.5 Å². The predicted molar refractivity (Wildman–Crippen MR) is 119 cm³/mol. The normalized spacial score (nSPS) is 22.8. The summed E-state index contributed by atoms with van der Waals surface area (Å²) in [5, 5.41) is 23.3. The van der Waals surface area contributed by atoms with Crippen molar-refractivity contribution in [2.24, 2.45) is 11.8 Å². The molecule has 3 N–H and O–H groups in total. The Hall–Kier alpha value is -2.24. The molecule has 0 radical (unpaired) electrons. The minimum Gasteiger partial charge on any atom is -0.392 e. The number of rotatable bonds is 12. The molecule has 0 bridgehead atoms. The summed E-state index contributed by atoms with van der Waals surface area (Å²) in [6.07, 6.45) is 10.4. The van der Waals surface area contributed by atoms with Crippen LogP contribution in [0, 0.1) is 11.8 Å². The zero-order chi connectivity index (χ0) is 21.8. The van der Waals surface area contributed by atoms with E-state index in [1.54, 1.807) is 6.08 Å². The van der Waals surface area contributed by atoms with Gasteiger partial charge in [0.25, 0.3) is 0 Å². The largest absolute Gasteiger partial charge is 0.392 e. The summed E-state index contributed by atoms with van der Waals surface area (Å²) < 4.78 is 0. The molecule has 1 aromatic carbocycles. The van der Waals surface area contributed by atoms with Gasteiger partial charge in [-0.1, -0.05) is 54.6 Å². The molecule has 164 valence electrons. The highest BCUT2D eigenvalue weighted by molar-refractivity contribution is 5.84. The van der Waals surface area contributed by atoms with Gasteiger partial charge in [0, 0.05) is 31.2 Å². The highest BCUT2D eigenvalue weighted by Gasteiger charge is 2.39. The van der Waals surface area contributed by atoms with Gasteiger partial charge in [-0.3, -0.25) is 9.59 Å². The van der Waals surface area contributed by atoms with Crippen LogP contribution in [0.4, 0.5) is 0 Å². The van der Waals surface area contributed by atoms with E-state index < -0.39 is 12.2 Å². The van der Waals surface area contributed by atoms with Gasteiger partial charge in [0.2, 0.25) is 5.91 Å². The van der Waals surface area contributed by atoms with E-state index in [2.05, 4.69) is 5.32 Å². The molecular weight excluding hydrogens is 378 g/mol. The van der Waals surface area contributed by atoms with Crippen LogP contribution in [-0.4, -0.2) is 40.7 Å². The number of hydrogen-bond donors (Lipinski definition) is 3. The third-order valence-electron chi connectivity index (χ3n) is 5.57. The smallest absolute Gasteiger partial charge is 0.219 e. The number of allylic oxidation sites excluding steroid dienone is 2. The van der Waals surface area contributed by atoms with Crippen molar-refractivity contribution in [1.82, 2.24) is 5.32 Å². The molecule has 4 atom stereocenters. The summed E-state index contributed by atoms with van der Waals surface area (Å²) in [7, 11) is 0. The zero-order valence-corrected chi connectivity index (χ0v) is 17.9. The summed E-state index contributed by atoms with van der Waals surface area (Å²) in [6.45, 7) is 2.55. The lowest BCUT2D eigenvalue weighted by atomic mass is 9.90. The molecule has 0 aliphatic heterocycles. The fourth-order valence-electron chi connectivity index (χ4n) is 3.87. The molecule has 5 nitrogen and oxygen atoms in total. The van der Waals surface area contributed by atoms with Crippen molar-refractivity contribution < 1.29 is 19.8 Å². The molecule has 0 unspecified atom stereocenters. The first-order chi connectivity index (χ1) is 14.5. The van der Waals surface area contributed by atoms with E-state index in [0.717, 1.165) is 19.3 Å². The zero-order valence-electron chi connectivity index (χ0n) is 17.9. The Balaban J connectivity index is 1.78. The number of Topliss-reactive ketones (excluding diaryl/α,β-unsaturated/α-hetero) is 1. The molecule has 5 heteroatoms. The number of carbonyl (C=O) groups excluding carboxylic acids is 2. The molecule has 1 aliphatic rings. The second-order valence-electron chi connectivity index (χ2n) is 7.95. The average Bonchev–Trinajstić information content (AvgIpc) is 3.00. The number of ketones is 1. The van der Waals surface area contributed by atoms with Gasteiger partial charge in [-0.15, -0.1) is 0 Å². The first kappa shape index (κ1) is 24.0. The molecular formula is C25H35NO4. The maximum atomic E-state index is 12.3. The van der Waals surface area contributed by atoms with E-state index in [1.807, 2.05) is 55.5 Å². The van der Waals surface area contributed by atoms with Crippen molar-refractivity contribution in [3.8, 4) is 0 Å². The van der Waals surface area contributed by atoms with Crippen LogP contribution in [0.5, 0.6) is 0 Å². The summed E-state index contributed by atoms with van der Waals surface area (Å²) in [4.78, 5) is 23.7. The van der Waals surface area contributed by atoms with Crippen LogP contribution in [0.25, 0.3) is 0 Å². The third-order valence-corrected chi connectivity index (χ3v) is 5.57. The van der Waals surface area contributed by atoms with Crippen LogP contribution in [0.15, 0.2) is 54.6 Å². The molecule has 1 aromatic rings. The minimum atomic E-state index is -0.689. The fourth-order valence-corrected chi connectivity index (χ4v) is 3.87. The number of benzene rings is 1. The molecule has 0 saturated heterocycles. The van der Waals surface area contributed by atoms with Crippen molar-refractivity contribution in [3.63, 3.8) is 0 Å². The van der Waals surface area contributed by atoms with E-state index in [0.29, 0.717) is 25.8 Å². The number of aliphatic hydroxyl groups is 2. The average molecular weight is 414 g/mol. The van der Waals surface area contributed by atoms with Crippen molar-refractivity contribution in [2.75, 3.05) is 6.54 Å². The van der Waals surface area contributed by atoms with Gasteiger partial charge in [-0.25, -0.2) is 0 Å². The Bertz CT molecular complexity index is 713. The lowest BCUT2D eigenvalue weighted by Crippen LogP contribution is -2.21. The van der Waals surface area contributed by atoms with E-state index in [9.17, 15) is 19.8 Å². The molecule has 1 fully saturated rings. The Morgan fingerprint density at radius 1 is 1.27 bits per heavy atom. The van der Waals surface area contributed by atoms with Crippen LogP contribution < -0.4 is 5.32 Å². The Kier molecular flexibility index (Phi) is 10.5. The molecule has 30 heavy (non-hydrogen) atoms. The molecule has 0 spiro atoms. The van der Waals surface area contributed by atoms with Crippen LogP contribution >= 0.6 is 0 Å². The van der Waals surface area contributed by atoms with Crippen molar-refractivity contribution in [2.45, 2.75) is 64.1 Å². The van der Waals surface area contributed by atoms with E-state index in [-0.39, 0.29) is 29.9 Å². The number of carbonyl (C=O) groups is 2. The van der Waals surface area contributed by atoms with Crippen LogP contribution in [-0.2, 0) is 16.0 Å². The van der Waals surface area contributed by atoms with E-state index in [1.165, 1.54) is 5.56 Å². The van der Waals surface area contributed by atoms with Gasteiger partial charge in [0.1, 0.15) is 5.78 Å². The highest BCUT2D eigenvalue weighted by atomic mass is 16.3. The molecule has 0 aromatic heterocycles. The monoisotopic (exact) mass is 413 g/mol. The van der Waals surface area contributed by atoms with Crippen molar-refractivity contribution in [3.05, 3.63) is 60.2 Å². The third kappa shape index (κ3) is 8.25. The second-order valence-corrected chi connectivity index (χ2v) is 7.95. The predicted octanol–water partition coefficient (Wildman–Crippen LogP) is 3.36. The lowest BCUT2D eigenvalue weighted by Gasteiger charge is -2.16. The highest BCUT2D eigenvalue weighted by Crippen LogP contribution is 2.33. The molecule has 0 heterocycles. The van der Waals surface area contributed by atoms with Crippen molar-refractivity contribution in [1.29, 1.82) is 0 Å². The molecule has 1 amide bonds. The summed E-state index contributed by atoms with van der Waals surface area (Å²) >= 11 is 0. The Morgan fingerprint density at radius 2 is 2.03 bits per heavy atom. The van der Waals surface area contributed by atoms with Gasteiger partial charge >= 0.3 is 0 Å². The van der Waals surface area contributed by atoms with Crippen molar-refractivity contribution >= 4 is 11.7 Å². The fraction of sp³-hybridized carbons (Fsp3) is 0.520. The van der Waals surface area contributed by atoms with Crippen LogP contribution in [0.1, 0.15) is 51.0 Å². The summed E-state index contributed by atoms with van der Waals surface area (Å²) in [6, 6.07) is 10.0. The Labute approximate surface area is 179 Å². The Morgan fingerprint density at radius 3 is 2.77 bits per heavy atom. The quantitative estimate of drug-likeness (QED) is 0.362. The van der Waals surface area contributed by atoms with E-state index >= 15 is 0 Å². The number of unbranched alkanes of at least 4 members (excludes halogenated alkanes) is 1. The first-order valence-electron chi connectivity index (χ1n) is 11.0. The number of aliphatic hydroxyl groups excluding tert-OH is 2. The molecule has 2 rings (SSSR count). The van der Waals surface area contributed by atoms with Gasteiger partial charge in [0.05, 0.1) is 12.2 Å². The number of amides is 1. The topological polar surface area (TPSA) is 86.6 Å². The minimum absolute atomic E-state index is 0.0658. The maximum absolute atomic E-state index is 12.3. The second kappa shape index (κ2) is 13.1. The number of aryl methyl sites for hydroxylation is 1. The first-order valence-corrected chi connectivity index (χ1v) is 11.0. The SMILES string of the molecule is CCNC(=O)CCCC=CC[C@H]1C(=O)C[C@@H](O)[C@@H]1/C=C/[C@@H](O)CCc1ccccc1. The number of hydrogen-bond acceptors (Lipinski definition) is 4. The maximum Gasteiger partial charge on any atom is 0.219 e. The number of nitrogens with one attached hydrogen (secondary N) is 1. The van der Waals surface area contributed by atoms with Gasteiger partial charge in [-0.2, -0.15) is 0 Å².